The molecule has 0 aromatic carbocycles. The third kappa shape index (κ3) is 3.31. The second kappa shape index (κ2) is 4.80. The van der Waals surface area contributed by atoms with Gasteiger partial charge in [-0.15, -0.1) is 11.3 Å². The molecular formula is C12H13F3OS. The van der Waals surface area contributed by atoms with E-state index in [0.717, 1.165) is 31.2 Å². The fourth-order valence-corrected chi connectivity index (χ4v) is 3.23. The van der Waals surface area contributed by atoms with Crippen molar-refractivity contribution < 1.29 is 18.0 Å². The molecule has 0 aliphatic heterocycles. The third-order valence-electron chi connectivity index (χ3n) is 2.91. The highest BCUT2D eigenvalue weighted by Crippen LogP contribution is 2.31. The standard InChI is InChI=1S/C12H13F3OS/c13-12(14,15)6-5-9(16)11-7-8-3-1-2-4-10(8)17-11/h7H,1-6H2. The molecule has 1 aliphatic rings. The molecule has 1 heterocycles. The van der Waals surface area contributed by atoms with E-state index in [1.165, 1.54) is 16.2 Å². The largest absolute Gasteiger partial charge is 0.389 e. The Labute approximate surface area is 102 Å². The topological polar surface area (TPSA) is 17.1 Å². The minimum absolute atomic E-state index is 0.373. The maximum Gasteiger partial charge on any atom is 0.389 e. The van der Waals surface area contributed by atoms with Gasteiger partial charge in [-0.05, 0) is 37.3 Å². The van der Waals surface area contributed by atoms with Crippen molar-refractivity contribution in [1.82, 2.24) is 0 Å². The van der Waals surface area contributed by atoms with Crippen LogP contribution >= 0.6 is 11.3 Å². The van der Waals surface area contributed by atoms with Crippen molar-refractivity contribution >= 4 is 17.1 Å². The lowest BCUT2D eigenvalue weighted by molar-refractivity contribution is -0.133. The van der Waals surface area contributed by atoms with Gasteiger partial charge >= 0.3 is 6.18 Å². The van der Waals surface area contributed by atoms with Crippen LogP contribution < -0.4 is 0 Å². The van der Waals surface area contributed by atoms with E-state index in [1.54, 1.807) is 6.07 Å². The summed E-state index contributed by atoms with van der Waals surface area (Å²) in [5.74, 6) is -0.373. The highest BCUT2D eigenvalue weighted by atomic mass is 32.1. The van der Waals surface area contributed by atoms with Crippen molar-refractivity contribution in [2.45, 2.75) is 44.7 Å². The lowest BCUT2D eigenvalue weighted by Gasteiger charge is -2.08. The maximum atomic E-state index is 12.0. The van der Waals surface area contributed by atoms with E-state index in [9.17, 15) is 18.0 Å². The molecule has 5 heteroatoms. The van der Waals surface area contributed by atoms with Crippen LogP contribution in [0.1, 0.15) is 45.8 Å². The molecular weight excluding hydrogens is 249 g/mol. The molecule has 0 N–H and O–H groups in total. The highest BCUT2D eigenvalue weighted by Gasteiger charge is 2.28. The summed E-state index contributed by atoms with van der Waals surface area (Å²) in [6.07, 6.45) is -1.54. The zero-order chi connectivity index (χ0) is 12.5. The Morgan fingerprint density at radius 3 is 2.65 bits per heavy atom. The second-order valence-electron chi connectivity index (χ2n) is 4.30. The van der Waals surface area contributed by atoms with E-state index in [0.29, 0.717) is 4.88 Å². The Morgan fingerprint density at radius 1 is 1.29 bits per heavy atom. The molecule has 0 unspecified atom stereocenters. The first-order valence-corrected chi connectivity index (χ1v) is 6.49. The number of fused-ring (bicyclic) bond motifs is 1. The molecule has 0 fully saturated rings. The van der Waals surface area contributed by atoms with Crippen LogP contribution in [0.15, 0.2) is 6.07 Å². The van der Waals surface area contributed by atoms with Crippen LogP contribution in [0.2, 0.25) is 0 Å². The monoisotopic (exact) mass is 262 g/mol. The summed E-state index contributed by atoms with van der Waals surface area (Å²) >= 11 is 1.38. The fourth-order valence-electron chi connectivity index (χ4n) is 2.01. The lowest BCUT2D eigenvalue weighted by atomic mass is 9.99. The van der Waals surface area contributed by atoms with E-state index in [4.69, 9.17) is 0 Å². The first kappa shape index (κ1) is 12.6. The number of Topliss-reactive ketones (excluding diaryl/α,β-unsaturated/α-hetero) is 1. The van der Waals surface area contributed by atoms with E-state index >= 15 is 0 Å². The smallest absolute Gasteiger partial charge is 0.293 e. The van der Waals surface area contributed by atoms with Crippen LogP contribution in [-0.4, -0.2) is 12.0 Å². The Hall–Kier alpha value is -0.840. The minimum Gasteiger partial charge on any atom is -0.293 e. The molecule has 0 amide bonds. The van der Waals surface area contributed by atoms with Crippen molar-refractivity contribution in [3.8, 4) is 0 Å². The summed E-state index contributed by atoms with van der Waals surface area (Å²) in [4.78, 5) is 13.3. The number of ketones is 1. The van der Waals surface area contributed by atoms with Crippen LogP contribution in [0.25, 0.3) is 0 Å². The van der Waals surface area contributed by atoms with Gasteiger partial charge in [-0.1, -0.05) is 0 Å². The number of carbonyl (C=O) groups excluding carboxylic acids is 1. The van der Waals surface area contributed by atoms with E-state index in [-0.39, 0.29) is 5.78 Å². The first-order chi connectivity index (χ1) is 7.96. The molecule has 1 aromatic rings. The van der Waals surface area contributed by atoms with Gasteiger partial charge in [0, 0.05) is 11.3 Å². The molecule has 17 heavy (non-hydrogen) atoms. The van der Waals surface area contributed by atoms with Crippen molar-refractivity contribution in [3.63, 3.8) is 0 Å². The van der Waals surface area contributed by atoms with Gasteiger partial charge in [-0.2, -0.15) is 13.2 Å². The predicted octanol–water partition coefficient (Wildman–Crippen LogP) is 4.15. The SMILES string of the molecule is O=C(CCC(F)(F)F)c1cc2c(s1)CCCC2. The van der Waals surface area contributed by atoms with Crippen LogP contribution in [0, 0.1) is 0 Å². The quantitative estimate of drug-likeness (QED) is 0.748. The molecule has 94 valence electrons. The number of hydrogen-bond acceptors (Lipinski definition) is 2. The molecule has 0 saturated carbocycles. The average molecular weight is 262 g/mol. The number of thiophene rings is 1. The van der Waals surface area contributed by atoms with Crippen LogP contribution in [0.5, 0.6) is 0 Å². The number of aryl methyl sites for hydroxylation is 2. The fraction of sp³-hybridized carbons (Fsp3) is 0.583. The Balaban J connectivity index is 2.02. The van der Waals surface area contributed by atoms with Gasteiger partial charge in [-0.25, -0.2) is 0 Å². The second-order valence-corrected chi connectivity index (χ2v) is 5.44. The van der Waals surface area contributed by atoms with Crippen LogP contribution in [0.4, 0.5) is 13.2 Å². The van der Waals surface area contributed by atoms with Crippen molar-refractivity contribution in [2.24, 2.45) is 0 Å². The molecule has 0 atom stereocenters. The zero-order valence-electron chi connectivity index (χ0n) is 9.27. The van der Waals surface area contributed by atoms with Gasteiger partial charge in [0.05, 0.1) is 11.3 Å². The Morgan fingerprint density at radius 2 is 2.00 bits per heavy atom. The molecule has 0 spiro atoms. The van der Waals surface area contributed by atoms with Gasteiger partial charge in [0.2, 0.25) is 0 Å². The maximum absolute atomic E-state index is 12.0. The lowest BCUT2D eigenvalue weighted by Crippen LogP contribution is -2.10. The summed E-state index contributed by atoms with van der Waals surface area (Å²) in [5.41, 5.74) is 1.16. The van der Waals surface area contributed by atoms with Gasteiger partial charge in [0.15, 0.2) is 5.78 Å². The highest BCUT2D eigenvalue weighted by molar-refractivity contribution is 7.14. The van der Waals surface area contributed by atoms with E-state index in [1.807, 2.05) is 0 Å². The number of alkyl halides is 3. The summed E-state index contributed by atoms with van der Waals surface area (Å²) in [6.45, 7) is 0. The van der Waals surface area contributed by atoms with Crippen molar-refractivity contribution in [2.75, 3.05) is 0 Å². The van der Waals surface area contributed by atoms with Crippen molar-refractivity contribution in [1.29, 1.82) is 0 Å². The van der Waals surface area contributed by atoms with E-state index < -0.39 is 19.0 Å². The molecule has 1 aliphatic carbocycles. The van der Waals surface area contributed by atoms with Gasteiger partial charge in [-0.3, -0.25) is 4.79 Å². The first-order valence-electron chi connectivity index (χ1n) is 5.67. The Kier molecular flexibility index (Phi) is 3.56. The van der Waals surface area contributed by atoms with Crippen molar-refractivity contribution in [3.05, 3.63) is 21.4 Å². The predicted molar refractivity (Wildman–Crippen MR) is 60.6 cm³/mol. The summed E-state index contributed by atoms with van der Waals surface area (Å²) in [6, 6.07) is 1.79. The summed E-state index contributed by atoms with van der Waals surface area (Å²) < 4.78 is 36.0. The third-order valence-corrected chi connectivity index (χ3v) is 4.19. The molecule has 2 rings (SSSR count). The molecule has 0 radical (unpaired) electrons. The number of carbonyl (C=O) groups is 1. The number of halogens is 3. The van der Waals surface area contributed by atoms with Gasteiger partial charge < -0.3 is 0 Å². The number of rotatable bonds is 3. The molecule has 0 bridgehead atoms. The minimum atomic E-state index is -4.24. The summed E-state index contributed by atoms with van der Waals surface area (Å²) in [7, 11) is 0. The number of hydrogen-bond donors (Lipinski definition) is 0. The molecule has 0 saturated heterocycles. The normalized spacial score (nSPS) is 15.7. The molecule has 1 nitrogen and oxygen atoms in total. The van der Waals surface area contributed by atoms with Crippen LogP contribution in [0.3, 0.4) is 0 Å². The Bertz CT molecular complexity index is 396. The van der Waals surface area contributed by atoms with Crippen LogP contribution in [-0.2, 0) is 12.8 Å². The van der Waals surface area contributed by atoms with E-state index in [2.05, 4.69) is 0 Å². The average Bonchev–Trinajstić information content (AvgIpc) is 2.68. The van der Waals surface area contributed by atoms with Gasteiger partial charge in [0.1, 0.15) is 0 Å². The molecule has 1 aromatic heterocycles. The van der Waals surface area contributed by atoms with Gasteiger partial charge in [0.25, 0.3) is 0 Å². The summed E-state index contributed by atoms with van der Waals surface area (Å²) in [5, 5.41) is 0. The zero-order valence-corrected chi connectivity index (χ0v) is 10.1.